The topological polar surface area (TPSA) is 121 Å². The standard InChI is InChI=1S/C38H50N4O6/c1-36(2,3)48-35(44)42-19-15-27(16-20-42)47-37(4,5)17-21-45-38(6,7)25-10-9-11-28(22-25)46-32-13-12-26(39)23-30(32)31-24-41(8)34(43)33-29(31)14-18-40-33/h9-14,18,22-24,27,40H,15-17,19-21,39H2,1-8H3. The molecule has 0 spiro atoms. The number of aromatic nitrogens is 2. The zero-order valence-electron chi connectivity index (χ0n) is 29.5. The molecule has 2 aromatic carbocycles. The van der Waals surface area contributed by atoms with Crippen molar-refractivity contribution in [3.63, 3.8) is 0 Å². The van der Waals surface area contributed by atoms with Crippen LogP contribution in [0.15, 0.2) is 65.7 Å². The summed E-state index contributed by atoms with van der Waals surface area (Å²) in [7, 11) is 1.73. The number of anilines is 1. The van der Waals surface area contributed by atoms with Crippen molar-refractivity contribution in [2.24, 2.45) is 7.05 Å². The van der Waals surface area contributed by atoms with Crippen molar-refractivity contribution in [3.05, 3.63) is 76.8 Å². The van der Waals surface area contributed by atoms with Gasteiger partial charge >= 0.3 is 6.09 Å². The number of carbonyl (C=O) groups excluding carboxylic acids is 1. The number of amides is 1. The normalized spacial score (nSPS) is 14.8. The van der Waals surface area contributed by atoms with Crippen LogP contribution in [-0.4, -0.2) is 57.5 Å². The van der Waals surface area contributed by atoms with Crippen LogP contribution in [0, 0.1) is 0 Å². The summed E-state index contributed by atoms with van der Waals surface area (Å²) in [5.74, 6) is 1.28. The number of nitrogens with two attached hydrogens (primary N) is 1. The Morgan fingerprint density at radius 3 is 2.42 bits per heavy atom. The predicted octanol–water partition coefficient (Wildman–Crippen LogP) is 7.74. The lowest BCUT2D eigenvalue weighted by Gasteiger charge is -2.37. The third kappa shape index (κ3) is 8.41. The fourth-order valence-corrected chi connectivity index (χ4v) is 6.02. The number of hydrogen-bond donors (Lipinski definition) is 2. The number of aryl methyl sites for hydroxylation is 1. The van der Waals surface area contributed by atoms with E-state index < -0.39 is 16.8 Å². The molecule has 0 unspecified atom stereocenters. The van der Waals surface area contributed by atoms with Gasteiger partial charge in [-0.2, -0.15) is 0 Å². The molecule has 0 radical (unpaired) electrons. The van der Waals surface area contributed by atoms with Crippen LogP contribution in [0.25, 0.3) is 22.0 Å². The molecule has 0 atom stereocenters. The number of benzene rings is 2. The molecular weight excluding hydrogens is 608 g/mol. The molecule has 10 nitrogen and oxygen atoms in total. The van der Waals surface area contributed by atoms with Crippen molar-refractivity contribution >= 4 is 22.7 Å². The number of ether oxygens (including phenoxy) is 4. The summed E-state index contributed by atoms with van der Waals surface area (Å²) in [5, 5.41) is 0.801. The fourth-order valence-electron chi connectivity index (χ4n) is 6.02. The number of fused-ring (bicyclic) bond motifs is 1. The number of nitrogens with one attached hydrogen (secondary N) is 1. The van der Waals surface area contributed by atoms with E-state index in [9.17, 15) is 9.59 Å². The zero-order valence-corrected chi connectivity index (χ0v) is 29.5. The Bertz CT molecular complexity index is 1810. The molecule has 1 fully saturated rings. The maximum atomic E-state index is 12.7. The Kier molecular flexibility index (Phi) is 9.99. The number of rotatable bonds is 10. The lowest BCUT2D eigenvalue weighted by atomic mass is 9.97. The summed E-state index contributed by atoms with van der Waals surface area (Å²) in [4.78, 5) is 29.9. The van der Waals surface area contributed by atoms with Crippen molar-refractivity contribution in [1.29, 1.82) is 0 Å². The Labute approximate surface area is 283 Å². The van der Waals surface area contributed by atoms with Gasteiger partial charge in [0.05, 0.1) is 23.9 Å². The Morgan fingerprint density at radius 1 is 0.979 bits per heavy atom. The van der Waals surface area contributed by atoms with Crippen LogP contribution in [0.4, 0.5) is 10.5 Å². The number of carbonyl (C=O) groups is 1. The van der Waals surface area contributed by atoms with Crippen molar-refractivity contribution in [2.45, 2.75) is 90.6 Å². The van der Waals surface area contributed by atoms with Crippen LogP contribution in [0.2, 0.25) is 0 Å². The van der Waals surface area contributed by atoms with Gasteiger partial charge in [0.15, 0.2) is 0 Å². The van der Waals surface area contributed by atoms with Gasteiger partial charge in [0.1, 0.15) is 22.6 Å². The van der Waals surface area contributed by atoms with E-state index in [-0.39, 0.29) is 17.8 Å². The lowest BCUT2D eigenvalue weighted by molar-refractivity contribution is -0.115. The average molecular weight is 659 g/mol. The summed E-state index contributed by atoms with van der Waals surface area (Å²) < 4.78 is 26.5. The van der Waals surface area contributed by atoms with Crippen LogP contribution in [0.1, 0.15) is 73.3 Å². The molecule has 1 saturated heterocycles. The maximum Gasteiger partial charge on any atom is 0.410 e. The monoisotopic (exact) mass is 658 g/mol. The van der Waals surface area contributed by atoms with Gasteiger partial charge in [-0.3, -0.25) is 4.79 Å². The summed E-state index contributed by atoms with van der Waals surface area (Å²) in [5.41, 5.74) is 8.35. The van der Waals surface area contributed by atoms with E-state index in [1.807, 2.05) is 83.3 Å². The largest absolute Gasteiger partial charge is 0.457 e. The first-order valence-electron chi connectivity index (χ1n) is 16.7. The Hall–Kier alpha value is -4.28. The van der Waals surface area contributed by atoms with Crippen LogP contribution >= 0.6 is 0 Å². The van der Waals surface area contributed by atoms with Crippen LogP contribution in [-0.2, 0) is 26.9 Å². The van der Waals surface area contributed by atoms with E-state index in [0.29, 0.717) is 48.8 Å². The van der Waals surface area contributed by atoms with Gasteiger partial charge in [-0.05, 0) is 110 Å². The molecule has 5 rings (SSSR count). The second kappa shape index (κ2) is 13.7. The maximum absolute atomic E-state index is 12.7. The van der Waals surface area contributed by atoms with E-state index in [1.165, 1.54) is 0 Å². The molecule has 4 aromatic rings. The van der Waals surface area contributed by atoms with Crippen molar-refractivity contribution in [1.82, 2.24) is 14.5 Å². The molecule has 1 amide bonds. The molecule has 10 heteroatoms. The van der Waals surface area contributed by atoms with Crippen molar-refractivity contribution < 1.29 is 23.7 Å². The summed E-state index contributed by atoms with van der Waals surface area (Å²) in [6.45, 7) is 15.7. The molecule has 1 aliphatic rings. The second-order valence-electron chi connectivity index (χ2n) is 14.8. The molecular formula is C38H50N4O6. The van der Waals surface area contributed by atoms with Crippen LogP contribution < -0.4 is 16.0 Å². The molecule has 3 heterocycles. The van der Waals surface area contributed by atoms with E-state index in [2.05, 4.69) is 18.8 Å². The van der Waals surface area contributed by atoms with E-state index in [4.69, 9.17) is 24.7 Å². The first-order chi connectivity index (χ1) is 22.5. The predicted molar refractivity (Wildman–Crippen MR) is 189 cm³/mol. The SMILES string of the molecule is Cn1cc(-c2cc(N)ccc2Oc2cccc(C(C)(C)OCCC(C)(C)OC3CCN(C(=O)OC(C)(C)C)CC3)c2)c2cc[nH]c2c1=O. The first-order valence-corrected chi connectivity index (χ1v) is 16.7. The van der Waals surface area contributed by atoms with Crippen molar-refractivity contribution in [3.8, 4) is 22.6 Å². The summed E-state index contributed by atoms with van der Waals surface area (Å²) in [6, 6.07) is 15.3. The summed E-state index contributed by atoms with van der Waals surface area (Å²) in [6.07, 6.45) is 5.64. The minimum atomic E-state index is -0.590. The number of hydrogen-bond acceptors (Lipinski definition) is 7. The molecule has 0 saturated carbocycles. The third-order valence-corrected chi connectivity index (χ3v) is 8.69. The minimum Gasteiger partial charge on any atom is -0.457 e. The highest BCUT2D eigenvalue weighted by molar-refractivity contribution is 5.96. The van der Waals surface area contributed by atoms with E-state index >= 15 is 0 Å². The van der Waals surface area contributed by atoms with Gasteiger partial charge < -0.3 is 39.1 Å². The van der Waals surface area contributed by atoms with E-state index in [1.54, 1.807) is 28.8 Å². The Morgan fingerprint density at radius 2 is 1.71 bits per heavy atom. The molecule has 258 valence electrons. The molecule has 1 aliphatic heterocycles. The van der Waals surface area contributed by atoms with E-state index in [0.717, 1.165) is 34.9 Å². The van der Waals surface area contributed by atoms with Gasteiger partial charge in [0.2, 0.25) is 0 Å². The molecule has 2 aromatic heterocycles. The minimum absolute atomic E-state index is 0.0767. The zero-order chi connectivity index (χ0) is 34.9. The fraction of sp³-hybridized carbons (Fsp3) is 0.474. The molecule has 0 bridgehead atoms. The van der Waals surface area contributed by atoms with Crippen molar-refractivity contribution in [2.75, 3.05) is 25.4 Å². The molecule has 3 N–H and O–H groups in total. The number of nitrogen functional groups attached to an aromatic ring is 1. The quantitative estimate of drug-likeness (QED) is 0.167. The van der Waals surface area contributed by atoms with Crippen LogP contribution in [0.3, 0.4) is 0 Å². The highest BCUT2D eigenvalue weighted by Crippen LogP contribution is 2.39. The first kappa shape index (κ1) is 35.0. The molecule has 48 heavy (non-hydrogen) atoms. The summed E-state index contributed by atoms with van der Waals surface area (Å²) >= 11 is 0. The molecule has 0 aliphatic carbocycles. The number of H-pyrrole nitrogens is 1. The van der Waals surface area contributed by atoms with Crippen LogP contribution in [0.5, 0.6) is 11.5 Å². The second-order valence-corrected chi connectivity index (χ2v) is 14.8. The smallest absolute Gasteiger partial charge is 0.410 e. The number of likely N-dealkylation sites (tertiary alicyclic amines) is 1. The number of nitrogens with zero attached hydrogens (tertiary/aromatic N) is 2. The van der Waals surface area contributed by atoms with Gasteiger partial charge in [-0.25, -0.2) is 4.79 Å². The highest BCUT2D eigenvalue weighted by Gasteiger charge is 2.31. The number of aromatic amines is 1. The van der Waals surface area contributed by atoms with Gasteiger partial charge in [-0.1, -0.05) is 12.1 Å². The number of pyridine rings is 1. The number of piperidine rings is 1. The highest BCUT2D eigenvalue weighted by atomic mass is 16.6. The average Bonchev–Trinajstić information content (AvgIpc) is 3.50. The van der Waals surface area contributed by atoms with Gasteiger partial charge in [0, 0.05) is 54.7 Å². The Balaban J connectivity index is 1.21. The third-order valence-electron chi connectivity index (χ3n) is 8.69. The van der Waals surface area contributed by atoms with Gasteiger partial charge in [-0.15, -0.1) is 0 Å². The van der Waals surface area contributed by atoms with Gasteiger partial charge in [0.25, 0.3) is 5.56 Å². The lowest BCUT2D eigenvalue weighted by Crippen LogP contribution is -2.45.